The molecule has 1 unspecified atom stereocenters. The first kappa shape index (κ1) is 17.3. The van der Waals surface area contributed by atoms with Gasteiger partial charge in [-0.1, -0.05) is 25.9 Å². The third-order valence-electron chi connectivity index (χ3n) is 3.60. The van der Waals surface area contributed by atoms with E-state index in [4.69, 9.17) is 9.26 Å². The molecular weight excluding hydrogens is 300 g/mol. The summed E-state index contributed by atoms with van der Waals surface area (Å²) in [7, 11) is 1.67. The minimum atomic E-state index is -0.511. The Balaban J connectivity index is 1.89. The van der Waals surface area contributed by atoms with Gasteiger partial charge in [0.2, 0.25) is 0 Å². The molecule has 1 aromatic heterocycles. The largest absolute Gasteiger partial charge is 0.455 e. The molecule has 128 valence electrons. The maximum Gasteiger partial charge on any atom is 0.332 e. The van der Waals surface area contributed by atoms with Gasteiger partial charge >= 0.3 is 12.0 Å². The number of urea groups is 1. The number of esters is 1. The topological polar surface area (TPSA) is 87.9 Å². The maximum absolute atomic E-state index is 12.0. The minimum Gasteiger partial charge on any atom is -0.455 e. The van der Waals surface area contributed by atoms with Gasteiger partial charge in [0.15, 0.2) is 0 Å². The van der Waals surface area contributed by atoms with Gasteiger partial charge in [0.25, 0.3) is 0 Å². The van der Waals surface area contributed by atoms with E-state index in [-0.39, 0.29) is 18.0 Å². The van der Waals surface area contributed by atoms with Gasteiger partial charge in [-0.25, -0.2) is 9.80 Å². The minimum absolute atomic E-state index is 0.0122. The number of ether oxygens (including phenoxy) is 1. The molecule has 1 fully saturated rings. The Bertz CT molecular complexity index is 578. The Labute approximate surface area is 135 Å². The van der Waals surface area contributed by atoms with Crippen LogP contribution in [-0.2, 0) is 14.9 Å². The smallest absolute Gasteiger partial charge is 0.332 e. The molecule has 2 rings (SSSR count). The Morgan fingerprint density at radius 3 is 2.78 bits per heavy atom. The van der Waals surface area contributed by atoms with E-state index in [1.807, 2.05) is 20.8 Å². The molecule has 0 aliphatic carbocycles. The molecule has 1 saturated heterocycles. The summed E-state index contributed by atoms with van der Waals surface area (Å²) in [5, 5.41) is 9.66. The molecule has 0 spiro atoms. The fourth-order valence-corrected chi connectivity index (χ4v) is 2.19. The first-order valence-electron chi connectivity index (χ1n) is 7.61. The molecule has 1 aliphatic rings. The number of nitrogens with one attached hydrogen (secondary N) is 1. The predicted octanol–water partition coefficient (Wildman–Crippen LogP) is 1.45. The van der Waals surface area contributed by atoms with E-state index >= 15 is 0 Å². The van der Waals surface area contributed by atoms with E-state index in [1.165, 1.54) is 5.01 Å². The number of rotatable bonds is 5. The lowest BCUT2D eigenvalue weighted by molar-refractivity contribution is -0.152. The van der Waals surface area contributed by atoms with Crippen LogP contribution in [0.2, 0.25) is 0 Å². The van der Waals surface area contributed by atoms with Crippen LogP contribution in [0.4, 0.5) is 4.79 Å². The van der Waals surface area contributed by atoms with Crippen molar-refractivity contribution < 1.29 is 18.8 Å². The fraction of sp³-hybridized carbons (Fsp3) is 0.667. The summed E-state index contributed by atoms with van der Waals surface area (Å²) >= 11 is 0. The number of hydrogen-bond acceptors (Lipinski definition) is 6. The van der Waals surface area contributed by atoms with Crippen molar-refractivity contribution in [2.75, 3.05) is 26.7 Å². The van der Waals surface area contributed by atoms with Gasteiger partial charge in [0.1, 0.15) is 24.1 Å². The summed E-state index contributed by atoms with van der Waals surface area (Å²) in [6.07, 6.45) is -0.511. The van der Waals surface area contributed by atoms with Crippen molar-refractivity contribution in [3.8, 4) is 0 Å². The summed E-state index contributed by atoms with van der Waals surface area (Å²) in [5.74, 6) is 0.307. The van der Waals surface area contributed by atoms with E-state index in [2.05, 4.69) is 10.5 Å². The van der Waals surface area contributed by atoms with Crippen LogP contribution in [-0.4, -0.2) is 53.9 Å². The third-order valence-corrected chi connectivity index (χ3v) is 3.60. The SMILES string of the molecule is CC(OC(=O)CN(C)N1CCNC1=O)c1cc(C(C)(C)C)on1. The second-order valence-electron chi connectivity index (χ2n) is 6.67. The molecule has 0 bridgehead atoms. The Hall–Kier alpha value is -2.09. The number of carbonyl (C=O) groups is 2. The molecule has 2 amide bonds. The monoisotopic (exact) mass is 324 g/mol. The number of amides is 2. The number of hydrazine groups is 1. The van der Waals surface area contributed by atoms with Crippen LogP contribution in [0.3, 0.4) is 0 Å². The Morgan fingerprint density at radius 2 is 2.26 bits per heavy atom. The number of carbonyl (C=O) groups excluding carboxylic acids is 2. The molecule has 0 radical (unpaired) electrons. The lowest BCUT2D eigenvalue weighted by Gasteiger charge is -2.25. The van der Waals surface area contributed by atoms with Crippen molar-refractivity contribution in [2.45, 2.75) is 39.2 Å². The van der Waals surface area contributed by atoms with Gasteiger partial charge in [0, 0.05) is 25.1 Å². The average Bonchev–Trinajstić information content (AvgIpc) is 3.05. The zero-order chi connectivity index (χ0) is 17.2. The molecule has 8 heteroatoms. The van der Waals surface area contributed by atoms with Gasteiger partial charge in [0.05, 0.1) is 6.54 Å². The second-order valence-corrected chi connectivity index (χ2v) is 6.67. The van der Waals surface area contributed by atoms with Crippen molar-refractivity contribution in [3.05, 3.63) is 17.5 Å². The Kier molecular flexibility index (Phi) is 4.93. The van der Waals surface area contributed by atoms with Crippen LogP contribution in [0.15, 0.2) is 10.6 Å². The van der Waals surface area contributed by atoms with E-state index < -0.39 is 12.1 Å². The number of likely N-dealkylation sites (N-methyl/N-ethyl adjacent to an activating group) is 1. The lowest BCUT2D eigenvalue weighted by atomic mass is 9.93. The van der Waals surface area contributed by atoms with Gasteiger partial charge in [-0.3, -0.25) is 9.80 Å². The maximum atomic E-state index is 12.0. The summed E-state index contributed by atoms with van der Waals surface area (Å²) in [5.41, 5.74) is 0.419. The van der Waals surface area contributed by atoms with Crippen LogP contribution in [0.25, 0.3) is 0 Å². The molecular formula is C15H24N4O4. The highest BCUT2D eigenvalue weighted by molar-refractivity contribution is 5.77. The van der Waals surface area contributed by atoms with E-state index in [9.17, 15) is 9.59 Å². The van der Waals surface area contributed by atoms with E-state index in [0.717, 1.165) is 5.76 Å². The van der Waals surface area contributed by atoms with Crippen LogP contribution in [0, 0.1) is 0 Å². The summed E-state index contributed by atoms with van der Waals surface area (Å²) in [4.78, 5) is 23.6. The molecule has 0 saturated carbocycles. The van der Waals surface area contributed by atoms with Crippen molar-refractivity contribution in [3.63, 3.8) is 0 Å². The van der Waals surface area contributed by atoms with Crippen LogP contribution in [0.1, 0.15) is 45.3 Å². The van der Waals surface area contributed by atoms with Crippen molar-refractivity contribution in [1.29, 1.82) is 0 Å². The molecule has 1 N–H and O–H groups in total. The zero-order valence-corrected chi connectivity index (χ0v) is 14.3. The number of hydrogen-bond donors (Lipinski definition) is 1. The summed E-state index contributed by atoms with van der Waals surface area (Å²) in [6.45, 7) is 8.89. The average molecular weight is 324 g/mol. The van der Waals surface area contributed by atoms with Crippen LogP contribution >= 0.6 is 0 Å². The summed E-state index contributed by atoms with van der Waals surface area (Å²) in [6, 6.07) is 1.59. The highest BCUT2D eigenvalue weighted by atomic mass is 16.5. The summed E-state index contributed by atoms with van der Waals surface area (Å²) < 4.78 is 10.7. The second kappa shape index (κ2) is 6.57. The standard InChI is InChI=1S/C15H24N4O4/c1-10(11-8-12(23-17-11)15(2,3)4)22-13(20)9-18(5)19-7-6-16-14(19)21/h8,10H,6-7,9H2,1-5H3,(H,16,21). The van der Waals surface area contributed by atoms with Gasteiger partial charge in [-0.2, -0.15) is 0 Å². The van der Waals surface area contributed by atoms with Gasteiger partial charge in [-0.05, 0) is 6.92 Å². The van der Waals surface area contributed by atoms with Crippen molar-refractivity contribution >= 4 is 12.0 Å². The molecule has 0 aromatic carbocycles. The highest BCUT2D eigenvalue weighted by Gasteiger charge is 2.27. The third kappa shape index (κ3) is 4.22. The van der Waals surface area contributed by atoms with Crippen molar-refractivity contribution in [2.24, 2.45) is 0 Å². The highest BCUT2D eigenvalue weighted by Crippen LogP contribution is 2.26. The fourth-order valence-electron chi connectivity index (χ4n) is 2.19. The van der Waals surface area contributed by atoms with E-state index in [1.54, 1.807) is 25.0 Å². The van der Waals surface area contributed by atoms with Crippen molar-refractivity contribution in [1.82, 2.24) is 20.5 Å². The number of nitrogens with zero attached hydrogens (tertiary/aromatic N) is 3. The van der Waals surface area contributed by atoms with Crippen LogP contribution in [0.5, 0.6) is 0 Å². The predicted molar refractivity (Wildman–Crippen MR) is 82.4 cm³/mol. The molecule has 8 nitrogen and oxygen atoms in total. The molecule has 2 heterocycles. The first-order valence-corrected chi connectivity index (χ1v) is 7.61. The number of aromatic nitrogens is 1. The lowest BCUT2D eigenvalue weighted by Crippen LogP contribution is -2.44. The first-order chi connectivity index (χ1) is 10.7. The zero-order valence-electron chi connectivity index (χ0n) is 14.3. The molecule has 1 aromatic rings. The normalized spacial score (nSPS) is 16.6. The molecule has 1 atom stereocenters. The van der Waals surface area contributed by atoms with Crippen LogP contribution < -0.4 is 5.32 Å². The Morgan fingerprint density at radius 1 is 1.57 bits per heavy atom. The van der Waals surface area contributed by atoms with Gasteiger partial charge in [-0.15, -0.1) is 0 Å². The van der Waals surface area contributed by atoms with Gasteiger partial charge < -0.3 is 14.6 Å². The molecule has 23 heavy (non-hydrogen) atoms. The van der Waals surface area contributed by atoms with E-state index in [0.29, 0.717) is 18.8 Å². The quantitative estimate of drug-likeness (QED) is 0.825. The molecule has 1 aliphatic heterocycles.